The highest BCUT2D eigenvalue weighted by Gasteiger charge is 2.34. The lowest BCUT2D eigenvalue weighted by Gasteiger charge is -2.38. The zero-order chi connectivity index (χ0) is 19.7. The Balaban J connectivity index is 1.34. The number of imidazole rings is 2. The monoisotopic (exact) mass is 382 g/mol. The molecule has 0 unspecified atom stereocenters. The van der Waals surface area contributed by atoms with Crippen LogP contribution in [0.5, 0.6) is 0 Å². The largest absolute Gasteiger partial charge is 0.388 e. The van der Waals surface area contributed by atoms with Crippen LogP contribution in [-0.2, 0) is 6.54 Å². The van der Waals surface area contributed by atoms with Gasteiger partial charge >= 0.3 is 6.03 Å². The normalized spacial score (nSPS) is 17.6. The number of rotatable bonds is 4. The first-order valence-corrected chi connectivity index (χ1v) is 9.62. The Hall–Kier alpha value is -2.87. The van der Waals surface area contributed by atoms with Gasteiger partial charge in [-0.3, -0.25) is 0 Å². The lowest BCUT2D eigenvalue weighted by molar-refractivity contribution is -0.0259. The molecule has 1 saturated heterocycles. The fraction of sp³-hybridized carbons (Fsp3) is 0.450. The topological polar surface area (TPSA) is 99.1 Å². The number of amides is 2. The molecule has 1 fully saturated rings. The second-order valence-corrected chi connectivity index (χ2v) is 7.76. The number of likely N-dealkylation sites (tertiary alicyclic amines) is 1. The smallest absolute Gasteiger partial charge is 0.317 e. The maximum absolute atomic E-state index is 12.7. The van der Waals surface area contributed by atoms with Gasteiger partial charge in [0.15, 0.2) is 0 Å². The minimum Gasteiger partial charge on any atom is -0.388 e. The van der Waals surface area contributed by atoms with Crippen molar-refractivity contribution in [1.29, 1.82) is 0 Å². The maximum Gasteiger partial charge on any atom is 0.317 e. The van der Waals surface area contributed by atoms with Gasteiger partial charge in [-0.25, -0.2) is 14.8 Å². The molecule has 28 heavy (non-hydrogen) atoms. The molecule has 1 atom stereocenters. The van der Waals surface area contributed by atoms with E-state index >= 15 is 0 Å². The van der Waals surface area contributed by atoms with Crippen molar-refractivity contribution in [3.63, 3.8) is 0 Å². The van der Waals surface area contributed by atoms with Crippen molar-refractivity contribution < 1.29 is 9.90 Å². The van der Waals surface area contributed by atoms with Crippen molar-refractivity contribution in [1.82, 2.24) is 29.7 Å². The second kappa shape index (κ2) is 7.27. The molecular formula is C20H26N6O2. The van der Waals surface area contributed by atoms with E-state index in [9.17, 15) is 9.90 Å². The number of nitrogens with one attached hydrogen (secondary N) is 2. The Morgan fingerprint density at radius 3 is 2.89 bits per heavy atom. The van der Waals surface area contributed by atoms with Crippen LogP contribution in [0.4, 0.5) is 4.79 Å². The number of aromatic nitrogens is 4. The van der Waals surface area contributed by atoms with Crippen LogP contribution in [0.1, 0.15) is 37.2 Å². The molecule has 3 N–H and O–H groups in total. The summed E-state index contributed by atoms with van der Waals surface area (Å²) in [7, 11) is 0. The van der Waals surface area contributed by atoms with Crippen molar-refractivity contribution in [2.45, 2.75) is 44.9 Å². The van der Waals surface area contributed by atoms with Crippen molar-refractivity contribution in [2.24, 2.45) is 0 Å². The standard InChI is InChI=1S/C20H26N6O2/c1-14-3-4-16-17(11-14)24-18(23-16)15(2)22-19(27)26-8-5-20(28,6-9-26)12-25-10-7-21-13-25/h3-4,7,10-11,13,15,28H,5-6,8-9,12H2,1-2H3,(H,22,27)(H,23,24)/t15-/m0/s1. The van der Waals surface area contributed by atoms with Gasteiger partial charge in [-0.15, -0.1) is 0 Å². The van der Waals surface area contributed by atoms with E-state index in [-0.39, 0.29) is 12.1 Å². The first-order valence-electron chi connectivity index (χ1n) is 9.62. The molecular weight excluding hydrogens is 356 g/mol. The van der Waals surface area contributed by atoms with E-state index in [0.29, 0.717) is 32.5 Å². The van der Waals surface area contributed by atoms with Crippen molar-refractivity contribution in [3.05, 3.63) is 48.3 Å². The van der Waals surface area contributed by atoms with Crippen LogP contribution in [0.15, 0.2) is 36.9 Å². The van der Waals surface area contributed by atoms with Gasteiger partial charge in [0.05, 0.1) is 35.5 Å². The molecule has 8 nitrogen and oxygen atoms in total. The molecule has 2 aromatic heterocycles. The number of aliphatic hydroxyl groups is 1. The van der Waals surface area contributed by atoms with E-state index in [1.807, 2.05) is 42.8 Å². The highest BCUT2D eigenvalue weighted by Crippen LogP contribution is 2.25. The Morgan fingerprint density at radius 2 is 2.18 bits per heavy atom. The van der Waals surface area contributed by atoms with Gasteiger partial charge in [-0.2, -0.15) is 0 Å². The van der Waals surface area contributed by atoms with E-state index in [4.69, 9.17) is 0 Å². The number of urea groups is 1. The predicted octanol–water partition coefficient (Wildman–Crippen LogP) is 2.37. The maximum atomic E-state index is 12.7. The molecule has 1 aromatic carbocycles. The molecule has 0 saturated carbocycles. The molecule has 4 rings (SSSR count). The minimum atomic E-state index is -0.806. The van der Waals surface area contributed by atoms with Crippen LogP contribution < -0.4 is 5.32 Å². The summed E-state index contributed by atoms with van der Waals surface area (Å²) in [5.41, 5.74) is 2.22. The van der Waals surface area contributed by atoms with E-state index in [2.05, 4.69) is 20.3 Å². The van der Waals surface area contributed by atoms with Crippen LogP contribution >= 0.6 is 0 Å². The van der Waals surface area contributed by atoms with E-state index in [0.717, 1.165) is 22.4 Å². The number of fused-ring (bicyclic) bond motifs is 1. The first kappa shape index (κ1) is 18.5. The average molecular weight is 382 g/mol. The Kier molecular flexibility index (Phi) is 4.80. The van der Waals surface area contributed by atoms with Crippen LogP contribution in [0.3, 0.4) is 0 Å². The average Bonchev–Trinajstić information content (AvgIpc) is 3.31. The quantitative estimate of drug-likeness (QED) is 0.645. The van der Waals surface area contributed by atoms with Gasteiger partial charge in [0.25, 0.3) is 0 Å². The Labute approximate surface area is 163 Å². The number of aromatic amines is 1. The van der Waals surface area contributed by atoms with Gasteiger partial charge in [-0.05, 0) is 44.4 Å². The van der Waals surface area contributed by atoms with Crippen LogP contribution in [0.2, 0.25) is 0 Å². The number of aryl methyl sites for hydroxylation is 1. The third kappa shape index (κ3) is 3.87. The van der Waals surface area contributed by atoms with Gasteiger partial charge in [0.2, 0.25) is 0 Å². The third-order valence-electron chi connectivity index (χ3n) is 5.42. The zero-order valence-electron chi connectivity index (χ0n) is 16.2. The number of hydrogen-bond donors (Lipinski definition) is 3. The number of H-pyrrole nitrogens is 1. The van der Waals surface area contributed by atoms with Gasteiger partial charge < -0.3 is 24.9 Å². The summed E-state index contributed by atoms with van der Waals surface area (Å²) >= 11 is 0. The van der Waals surface area contributed by atoms with E-state index < -0.39 is 5.60 Å². The molecule has 8 heteroatoms. The molecule has 0 aliphatic carbocycles. The molecule has 0 radical (unpaired) electrons. The fourth-order valence-electron chi connectivity index (χ4n) is 3.70. The SMILES string of the molecule is Cc1ccc2nc([C@H](C)NC(=O)N3CCC(O)(Cn4ccnc4)CC3)[nH]c2c1. The summed E-state index contributed by atoms with van der Waals surface area (Å²) in [6.45, 7) is 5.49. The number of carbonyl (C=O) groups excluding carboxylic acids is 1. The molecule has 3 aromatic rings. The summed E-state index contributed by atoms with van der Waals surface area (Å²) in [4.78, 5) is 26.3. The highest BCUT2D eigenvalue weighted by molar-refractivity contribution is 5.77. The lowest BCUT2D eigenvalue weighted by atomic mass is 9.91. The molecule has 1 aliphatic heterocycles. The Bertz CT molecular complexity index is 956. The van der Waals surface area contributed by atoms with E-state index in [1.165, 1.54) is 0 Å². The van der Waals surface area contributed by atoms with Crippen molar-refractivity contribution in [3.8, 4) is 0 Å². The van der Waals surface area contributed by atoms with Gasteiger partial charge in [0.1, 0.15) is 5.82 Å². The third-order valence-corrected chi connectivity index (χ3v) is 5.42. The van der Waals surface area contributed by atoms with Crippen LogP contribution in [0.25, 0.3) is 11.0 Å². The summed E-state index contributed by atoms with van der Waals surface area (Å²) < 4.78 is 1.88. The molecule has 0 bridgehead atoms. The molecule has 148 valence electrons. The summed E-state index contributed by atoms with van der Waals surface area (Å²) in [5, 5.41) is 13.8. The summed E-state index contributed by atoms with van der Waals surface area (Å²) in [6.07, 6.45) is 6.32. The number of carbonyl (C=O) groups is 1. The minimum absolute atomic E-state index is 0.131. The molecule has 0 spiro atoms. The molecule has 2 amide bonds. The number of benzene rings is 1. The zero-order valence-corrected chi connectivity index (χ0v) is 16.2. The predicted molar refractivity (Wildman–Crippen MR) is 106 cm³/mol. The molecule has 1 aliphatic rings. The second-order valence-electron chi connectivity index (χ2n) is 7.76. The van der Waals surface area contributed by atoms with Crippen LogP contribution in [-0.4, -0.2) is 54.2 Å². The number of piperidine rings is 1. The number of hydrogen-bond acceptors (Lipinski definition) is 4. The van der Waals surface area contributed by atoms with E-state index in [1.54, 1.807) is 17.4 Å². The number of nitrogens with zero attached hydrogens (tertiary/aromatic N) is 4. The van der Waals surface area contributed by atoms with Gasteiger partial charge in [0, 0.05) is 25.5 Å². The van der Waals surface area contributed by atoms with Crippen LogP contribution in [0, 0.1) is 6.92 Å². The Morgan fingerprint density at radius 1 is 1.39 bits per heavy atom. The van der Waals surface area contributed by atoms with Gasteiger partial charge in [-0.1, -0.05) is 6.07 Å². The molecule has 3 heterocycles. The summed E-state index contributed by atoms with van der Waals surface area (Å²) in [5.74, 6) is 0.738. The fourth-order valence-corrected chi connectivity index (χ4v) is 3.70. The summed E-state index contributed by atoms with van der Waals surface area (Å²) in [6, 6.07) is 5.69. The highest BCUT2D eigenvalue weighted by atomic mass is 16.3. The van der Waals surface area contributed by atoms with Crippen molar-refractivity contribution >= 4 is 17.1 Å². The first-order chi connectivity index (χ1) is 13.4. The lowest BCUT2D eigenvalue weighted by Crippen LogP contribution is -2.51. The van der Waals surface area contributed by atoms with Crippen molar-refractivity contribution in [2.75, 3.05) is 13.1 Å².